The van der Waals surface area contributed by atoms with Crippen LogP contribution in [0, 0.1) is 12.8 Å². The number of alkyl halides is 3. The Balaban J connectivity index is 1.97. The number of benzene rings is 1. The lowest BCUT2D eigenvalue weighted by Gasteiger charge is -2.22. The minimum Gasteiger partial charge on any atom is -0.360 e. The van der Waals surface area contributed by atoms with Gasteiger partial charge in [-0.3, -0.25) is 9.59 Å². The number of aryl methyl sites for hydroxylation is 1. The van der Waals surface area contributed by atoms with E-state index in [4.69, 9.17) is 4.52 Å². The lowest BCUT2D eigenvalue weighted by Crippen LogP contribution is -2.32. The van der Waals surface area contributed by atoms with Crippen molar-refractivity contribution in [2.75, 3.05) is 11.1 Å². The van der Waals surface area contributed by atoms with E-state index in [2.05, 4.69) is 15.8 Å². The van der Waals surface area contributed by atoms with Crippen molar-refractivity contribution in [3.05, 3.63) is 47.2 Å². The molecule has 31 heavy (non-hydrogen) atoms. The first kappa shape index (κ1) is 24.8. The molecule has 0 aliphatic heterocycles. The maximum Gasteiger partial charge on any atom is 0.416 e. The average Bonchev–Trinajstić information content (AvgIpc) is 3.09. The molecular formula is C21H26F3N3O3S. The number of nitrogens with zero attached hydrogens (tertiary/aromatic N) is 1. The molecular weight excluding hydrogens is 431 g/mol. The SMILES string of the molecule is Cc1cc(NC(=O)C(C)SCC(=O)NC(CC(C)C)c2cccc(C(F)(F)F)c2)no1. The van der Waals surface area contributed by atoms with Gasteiger partial charge in [0.05, 0.1) is 22.6 Å². The molecule has 10 heteroatoms. The highest BCUT2D eigenvalue weighted by atomic mass is 32.2. The first-order valence-electron chi connectivity index (χ1n) is 9.78. The number of nitrogens with one attached hydrogen (secondary N) is 2. The highest BCUT2D eigenvalue weighted by Crippen LogP contribution is 2.32. The Morgan fingerprint density at radius 1 is 1.19 bits per heavy atom. The third-order valence-corrected chi connectivity index (χ3v) is 5.51. The van der Waals surface area contributed by atoms with Gasteiger partial charge in [-0.1, -0.05) is 31.1 Å². The van der Waals surface area contributed by atoms with E-state index in [0.717, 1.165) is 23.9 Å². The number of rotatable bonds is 9. The van der Waals surface area contributed by atoms with Crippen LogP contribution < -0.4 is 10.6 Å². The quantitative estimate of drug-likeness (QED) is 0.556. The molecule has 2 aromatic rings. The van der Waals surface area contributed by atoms with Crippen molar-refractivity contribution in [3.8, 4) is 0 Å². The second kappa shape index (κ2) is 10.7. The van der Waals surface area contributed by atoms with E-state index in [1.165, 1.54) is 6.07 Å². The van der Waals surface area contributed by atoms with Crippen molar-refractivity contribution in [3.63, 3.8) is 0 Å². The minimum absolute atomic E-state index is 0.0139. The van der Waals surface area contributed by atoms with Crippen molar-refractivity contribution in [2.45, 2.75) is 51.6 Å². The summed E-state index contributed by atoms with van der Waals surface area (Å²) in [7, 11) is 0. The van der Waals surface area contributed by atoms with E-state index < -0.39 is 23.0 Å². The van der Waals surface area contributed by atoms with Gasteiger partial charge in [0.25, 0.3) is 0 Å². The number of anilines is 1. The van der Waals surface area contributed by atoms with Gasteiger partial charge in [0.1, 0.15) is 5.76 Å². The standard InChI is InChI=1S/C21H26F3N3O3S/c1-12(2)8-17(15-6-5-7-16(10-15)21(22,23)24)25-19(28)11-31-14(4)20(29)26-18-9-13(3)30-27-18/h5-7,9-10,12,14,17H,8,11H2,1-4H3,(H,25,28)(H,26,27,29). The minimum atomic E-state index is -4.45. The Bertz CT molecular complexity index is 899. The summed E-state index contributed by atoms with van der Waals surface area (Å²) < 4.78 is 44.1. The van der Waals surface area contributed by atoms with Gasteiger partial charge in [-0.05, 0) is 43.9 Å². The lowest BCUT2D eigenvalue weighted by atomic mass is 9.95. The number of thioether (sulfide) groups is 1. The fourth-order valence-corrected chi connectivity index (χ4v) is 3.54. The summed E-state index contributed by atoms with van der Waals surface area (Å²) in [4.78, 5) is 24.7. The predicted molar refractivity (Wildman–Crippen MR) is 114 cm³/mol. The first-order chi connectivity index (χ1) is 14.5. The molecule has 0 saturated carbocycles. The van der Waals surface area contributed by atoms with Crippen molar-refractivity contribution in [2.24, 2.45) is 5.92 Å². The topological polar surface area (TPSA) is 84.2 Å². The number of carbonyl (C=O) groups excluding carboxylic acids is 2. The Hall–Kier alpha value is -2.49. The molecule has 2 N–H and O–H groups in total. The highest BCUT2D eigenvalue weighted by Gasteiger charge is 2.31. The molecule has 0 spiro atoms. The van der Waals surface area contributed by atoms with Crippen molar-refractivity contribution in [1.29, 1.82) is 0 Å². The number of halogens is 3. The van der Waals surface area contributed by atoms with E-state index in [0.29, 0.717) is 23.6 Å². The van der Waals surface area contributed by atoms with Gasteiger partial charge in [0, 0.05) is 6.07 Å². The molecule has 1 aromatic heterocycles. The Labute approximate surface area is 183 Å². The maximum atomic E-state index is 13.1. The molecule has 2 rings (SSSR count). The summed E-state index contributed by atoms with van der Waals surface area (Å²) in [6, 6.07) is 6.00. The monoisotopic (exact) mass is 457 g/mol. The molecule has 1 aromatic carbocycles. The number of hydrogen-bond donors (Lipinski definition) is 2. The highest BCUT2D eigenvalue weighted by molar-refractivity contribution is 8.01. The predicted octanol–water partition coefficient (Wildman–Crippen LogP) is 4.97. The summed E-state index contributed by atoms with van der Waals surface area (Å²) in [6.07, 6.45) is -3.97. The second-order valence-electron chi connectivity index (χ2n) is 7.64. The van der Waals surface area contributed by atoms with Crippen LogP contribution in [0.5, 0.6) is 0 Å². The first-order valence-corrected chi connectivity index (χ1v) is 10.8. The molecule has 1 heterocycles. The zero-order chi connectivity index (χ0) is 23.2. The van der Waals surface area contributed by atoms with Gasteiger partial charge in [0.15, 0.2) is 5.82 Å². The second-order valence-corrected chi connectivity index (χ2v) is 8.97. The van der Waals surface area contributed by atoms with Crippen LogP contribution in [0.4, 0.5) is 19.0 Å². The molecule has 6 nitrogen and oxygen atoms in total. The third kappa shape index (κ3) is 7.93. The summed E-state index contributed by atoms with van der Waals surface area (Å²) in [5.74, 6) is 0.303. The molecule has 0 aliphatic carbocycles. The fraction of sp³-hybridized carbons (Fsp3) is 0.476. The molecule has 0 radical (unpaired) electrons. The Kier molecular flexibility index (Phi) is 8.55. The normalized spacial score (nSPS) is 13.7. The van der Waals surface area contributed by atoms with Crippen molar-refractivity contribution >= 4 is 29.4 Å². The summed E-state index contributed by atoms with van der Waals surface area (Å²) in [5.41, 5.74) is -0.357. The van der Waals surface area contributed by atoms with Crippen LogP contribution in [-0.2, 0) is 15.8 Å². The fourth-order valence-electron chi connectivity index (χ4n) is 2.85. The van der Waals surface area contributed by atoms with Crippen LogP contribution in [0.25, 0.3) is 0 Å². The molecule has 2 unspecified atom stereocenters. The van der Waals surface area contributed by atoms with Crippen LogP contribution in [0.15, 0.2) is 34.9 Å². The average molecular weight is 458 g/mol. The summed E-state index contributed by atoms with van der Waals surface area (Å²) >= 11 is 1.12. The number of hydrogen-bond acceptors (Lipinski definition) is 5. The van der Waals surface area contributed by atoms with Crippen molar-refractivity contribution < 1.29 is 27.3 Å². The van der Waals surface area contributed by atoms with Gasteiger partial charge in [0.2, 0.25) is 11.8 Å². The van der Waals surface area contributed by atoms with Crippen LogP contribution in [0.1, 0.15) is 50.1 Å². The number of carbonyl (C=O) groups is 2. The van der Waals surface area contributed by atoms with Gasteiger partial charge in [-0.2, -0.15) is 13.2 Å². The molecule has 2 atom stereocenters. The number of aromatic nitrogens is 1. The van der Waals surface area contributed by atoms with E-state index in [9.17, 15) is 22.8 Å². The zero-order valence-corrected chi connectivity index (χ0v) is 18.6. The van der Waals surface area contributed by atoms with Crippen LogP contribution in [-0.4, -0.2) is 28.0 Å². The Morgan fingerprint density at radius 3 is 2.48 bits per heavy atom. The summed E-state index contributed by atoms with van der Waals surface area (Å²) in [5, 5.41) is 8.54. The third-order valence-electron chi connectivity index (χ3n) is 4.37. The van der Waals surface area contributed by atoms with Crippen LogP contribution in [0.2, 0.25) is 0 Å². The van der Waals surface area contributed by atoms with E-state index in [1.54, 1.807) is 26.0 Å². The molecule has 0 fully saturated rings. The van der Waals surface area contributed by atoms with Crippen molar-refractivity contribution in [1.82, 2.24) is 10.5 Å². The maximum absolute atomic E-state index is 13.1. The van der Waals surface area contributed by atoms with Gasteiger partial charge >= 0.3 is 6.18 Å². The molecule has 0 aliphatic rings. The van der Waals surface area contributed by atoms with Gasteiger partial charge in [-0.25, -0.2) is 0 Å². The smallest absolute Gasteiger partial charge is 0.360 e. The van der Waals surface area contributed by atoms with Gasteiger partial charge < -0.3 is 15.2 Å². The molecule has 2 amide bonds. The van der Waals surface area contributed by atoms with Gasteiger partial charge in [-0.15, -0.1) is 11.8 Å². The van der Waals surface area contributed by atoms with E-state index in [1.807, 2.05) is 13.8 Å². The van der Waals surface area contributed by atoms with E-state index >= 15 is 0 Å². The number of amides is 2. The lowest BCUT2D eigenvalue weighted by molar-refractivity contribution is -0.137. The molecule has 170 valence electrons. The van der Waals surface area contributed by atoms with E-state index in [-0.39, 0.29) is 23.5 Å². The molecule has 0 saturated heterocycles. The Morgan fingerprint density at radius 2 is 1.90 bits per heavy atom. The molecule has 0 bridgehead atoms. The van der Waals surface area contributed by atoms with Crippen LogP contribution >= 0.6 is 11.8 Å². The van der Waals surface area contributed by atoms with Crippen LogP contribution in [0.3, 0.4) is 0 Å². The largest absolute Gasteiger partial charge is 0.416 e. The summed E-state index contributed by atoms with van der Waals surface area (Å²) in [6.45, 7) is 7.21. The zero-order valence-electron chi connectivity index (χ0n) is 17.7.